The van der Waals surface area contributed by atoms with Crippen LogP contribution in [0, 0.1) is 21.4 Å². The van der Waals surface area contributed by atoms with Gasteiger partial charge in [0.2, 0.25) is 5.91 Å². The summed E-state index contributed by atoms with van der Waals surface area (Å²) in [5, 5.41) is 22.3. The van der Waals surface area contributed by atoms with E-state index >= 15 is 0 Å². The van der Waals surface area contributed by atoms with E-state index in [1.165, 1.54) is 42.5 Å². The molecular formula is C16H10ClN3O3. The Bertz CT molecular complexity index is 841. The predicted molar refractivity (Wildman–Crippen MR) is 86.9 cm³/mol. The van der Waals surface area contributed by atoms with Crippen molar-refractivity contribution in [3.63, 3.8) is 0 Å². The standard InChI is InChI=1S/C16H10ClN3O3/c17-15-9-13(6-5-12(15)10-18)19-16(21)7-4-11-2-1-3-14(8-11)20(22)23/h1-9H,(H,19,21)/b7-4+. The Hall–Kier alpha value is -3.17. The number of hydrogen-bond donors (Lipinski definition) is 1. The van der Waals surface area contributed by atoms with Gasteiger partial charge >= 0.3 is 0 Å². The second-order valence-corrected chi connectivity index (χ2v) is 4.89. The second-order valence-electron chi connectivity index (χ2n) is 4.48. The number of nitro groups is 1. The van der Waals surface area contributed by atoms with Gasteiger partial charge in [-0.3, -0.25) is 14.9 Å². The molecule has 2 rings (SSSR count). The molecule has 23 heavy (non-hydrogen) atoms. The molecule has 0 aliphatic carbocycles. The zero-order valence-electron chi connectivity index (χ0n) is 11.7. The summed E-state index contributed by atoms with van der Waals surface area (Å²) in [6, 6.07) is 12.4. The number of rotatable bonds is 4. The Morgan fingerprint density at radius 2 is 2.09 bits per heavy atom. The Balaban J connectivity index is 2.07. The van der Waals surface area contributed by atoms with E-state index in [0.29, 0.717) is 16.8 Å². The van der Waals surface area contributed by atoms with Gasteiger partial charge in [0.1, 0.15) is 6.07 Å². The van der Waals surface area contributed by atoms with Crippen LogP contribution in [0.3, 0.4) is 0 Å². The molecule has 0 atom stereocenters. The van der Waals surface area contributed by atoms with Gasteiger partial charge in [0.25, 0.3) is 5.69 Å². The fourth-order valence-electron chi connectivity index (χ4n) is 1.78. The quantitative estimate of drug-likeness (QED) is 0.525. The van der Waals surface area contributed by atoms with E-state index in [1.807, 2.05) is 6.07 Å². The van der Waals surface area contributed by atoms with Gasteiger partial charge in [-0.1, -0.05) is 23.7 Å². The molecule has 0 saturated heterocycles. The maximum Gasteiger partial charge on any atom is 0.270 e. The van der Waals surface area contributed by atoms with Crippen LogP contribution in [0.2, 0.25) is 5.02 Å². The molecule has 0 bridgehead atoms. The highest BCUT2D eigenvalue weighted by Crippen LogP contribution is 2.20. The molecule has 1 N–H and O–H groups in total. The van der Waals surface area contributed by atoms with Crippen LogP contribution in [0.1, 0.15) is 11.1 Å². The van der Waals surface area contributed by atoms with Crippen LogP contribution in [-0.4, -0.2) is 10.8 Å². The van der Waals surface area contributed by atoms with E-state index in [2.05, 4.69) is 5.32 Å². The van der Waals surface area contributed by atoms with Crippen molar-refractivity contribution < 1.29 is 9.72 Å². The first-order chi connectivity index (χ1) is 11.0. The van der Waals surface area contributed by atoms with Crippen LogP contribution in [0.15, 0.2) is 48.5 Å². The summed E-state index contributed by atoms with van der Waals surface area (Å²) in [5.74, 6) is -0.419. The molecular weight excluding hydrogens is 318 g/mol. The summed E-state index contributed by atoms with van der Waals surface area (Å²) in [4.78, 5) is 22.0. The summed E-state index contributed by atoms with van der Waals surface area (Å²) < 4.78 is 0. The van der Waals surface area contributed by atoms with Gasteiger partial charge in [0.15, 0.2) is 0 Å². The number of anilines is 1. The van der Waals surface area contributed by atoms with Crippen LogP contribution in [0.4, 0.5) is 11.4 Å². The van der Waals surface area contributed by atoms with E-state index in [9.17, 15) is 14.9 Å². The van der Waals surface area contributed by atoms with Gasteiger partial charge < -0.3 is 5.32 Å². The molecule has 0 aromatic heterocycles. The molecule has 114 valence electrons. The highest BCUT2D eigenvalue weighted by Gasteiger charge is 2.05. The van der Waals surface area contributed by atoms with Gasteiger partial charge in [-0.2, -0.15) is 5.26 Å². The van der Waals surface area contributed by atoms with Crippen LogP contribution < -0.4 is 5.32 Å². The first-order valence-electron chi connectivity index (χ1n) is 6.43. The fourth-order valence-corrected chi connectivity index (χ4v) is 2.00. The van der Waals surface area contributed by atoms with Crippen molar-refractivity contribution in [2.75, 3.05) is 5.32 Å². The summed E-state index contributed by atoms with van der Waals surface area (Å²) in [6.07, 6.45) is 2.72. The smallest absolute Gasteiger partial charge is 0.270 e. The molecule has 2 aromatic rings. The molecule has 2 aromatic carbocycles. The monoisotopic (exact) mass is 327 g/mol. The third-order valence-electron chi connectivity index (χ3n) is 2.87. The molecule has 0 unspecified atom stereocenters. The first-order valence-corrected chi connectivity index (χ1v) is 6.80. The number of carbonyl (C=O) groups excluding carboxylic acids is 1. The summed E-state index contributed by atoms with van der Waals surface area (Å²) in [5.41, 5.74) is 1.25. The molecule has 0 radical (unpaired) electrons. The number of benzene rings is 2. The molecule has 0 spiro atoms. The van der Waals surface area contributed by atoms with Gasteiger partial charge in [0, 0.05) is 23.9 Å². The van der Waals surface area contributed by atoms with Crippen molar-refractivity contribution in [3.05, 3.63) is 74.8 Å². The van der Waals surface area contributed by atoms with Gasteiger partial charge in [-0.05, 0) is 29.8 Å². The van der Waals surface area contributed by atoms with Crippen molar-refractivity contribution in [1.82, 2.24) is 0 Å². The van der Waals surface area contributed by atoms with Gasteiger partial charge in [0.05, 0.1) is 15.5 Å². The zero-order valence-corrected chi connectivity index (χ0v) is 12.4. The minimum atomic E-state index is -0.504. The van der Waals surface area contributed by atoms with E-state index in [0.717, 1.165) is 0 Å². The third kappa shape index (κ3) is 4.40. The average Bonchev–Trinajstić information content (AvgIpc) is 2.53. The Labute approximate surface area is 136 Å². The average molecular weight is 328 g/mol. The number of nitro benzene ring substituents is 1. The number of nitrogens with one attached hydrogen (secondary N) is 1. The summed E-state index contributed by atoms with van der Waals surface area (Å²) in [6.45, 7) is 0. The number of hydrogen-bond acceptors (Lipinski definition) is 4. The Kier molecular flexibility index (Phi) is 5.07. The molecule has 0 fully saturated rings. The molecule has 6 nitrogen and oxygen atoms in total. The van der Waals surface area contributed by atoms with Crippen molar-refractivity contribution in [3.8, 4) is 6.07 Å². The number of carbonyl (C=O) groups is 1. The lowest BCUT2D eigenvalue weighted by Crippen LogP contribution is -2.07. The molecule has 0 aliphatic rings. The second kappa shape index (κ2) is 7.20. The third-order valence-corrected chi connectivity index (χ3v) is 3.18. The Morgan fingerprint density at radius 3 is 2.74 bits per heavy atom. The summed E-state index contributed by atoms with van der Waals surface area (Å²) >= 11 is 5.88. The molecule has 0 heterocycles. The van der Waals surface area contributed by atoms with Crippen LogP contribution in [0.5, 0.6) is 0 Å². The summed E-state index contributed by atoms with van der Waals surface area (Å²) in [7, 11) is 0. The van der Waals surface area contributed by atoms with Crippen molar-refractivity contribution >= 4 is 35.0 Å². The molecule has 0 aliphatic heterocycles. The van der Waals surface area contributed by atoms with Crippen molar-refractivity contribution in [2.45, 2.75) is 0 Å². The molecule has 7 heteroatoms. The number of halogens is 1. The number of amides is 1. The van der Waals surface area contributed by atoms with Crippen molar-refractivity contribution in [1.29, 1.82) is 5.26 Å². The van der Waals surface area contributed by atoms with Gasteiger partial charge in [-0.15, -0.1) is 0 Å². The lowest BCUT2D eigenvalue weighted by atomic mass is 10.2. The molecule has 1 amide bonds. The number of nitriles is 1. The largest absolute Gasteiger partial charge is 0.322 e. The zero-order chi connectivity index (χ0) is 16.8. The highest BCUT2D eigenvalue weighted by atomic mass is 35.5. The van der Waals surface area contributed by atoms with E-state index in [1.54, 1.807) is 12.1 Å². The molecule has 0 saturated carbocycles. The number of nitrogens with zero attached hydrogens (tertiary/aromatic N) is 2. The Morgan fingerprint density at radius 1 is 1.30 bits per heavy atom. The lowest BCUT2D eigenvalue weighted by molar-refractivity contribution is -0.384. The maximum absolute atomic E-state index is 11.8. The highest BCUT2D eigenvalue weighted by molar-refractivity contribution is 6.32. The normalized spacial score (nSPS) is 10.3. The van der Waals surface area contributed by atoms with E-state index < -0.39 is 10.8 Å². The SMILES string of the molecule is N#Cc1ccc(NC(=O)/C=C/c2cccc([N+](=O)[O-])c2)cc1Cl. The minimum absolute atomic E-state index is 0.0496. The minimum Gasteiger partial charge on any atom is -0.322 e. The maximum atomic E-state index is 11.8. The van der Waals surface area contributed by atoms with E-state index in [-0.39, 0.29) is 10.7 Å². The first kappa shape index (κ1) is 16.2. The lowest BCUT2D eigenvalue weighted by Gasteiger charge is -2.03. The predicted octanol–water partition coefficient (Wildman–Crippen LogP) is 3.77. The van der Waals surface area contributed by atoms with E-state index in [4.69, 9.17) is 16.9 Å². The van der Waals surface area contributed by atoms with Crippen LogP contribution in [0.25, 0.3) is 6.08 Å². The van der Waals surface area contributed by atoms with Crippen LogP contribution in [-0.2, 0) is 4.79 Å². The fraction of sp³-hybridized carbons (Fsp3) is 0. The van der Waals surface area contributed by atoms with Crippen LogP contribution >= 0.6 is 11.6 Å². The van der Waals surface area contributed by atoms with Gasteiger partial charge in [-0.25, -0.2) is 0 Å². The van der Waals surface area contributed by atoms with Crippen molar-refractivity contribution in [2.24, 2.45) is 0 Å². The number of non-ortho nitro benzene ring substituents is 1. The topological polar surface area (TPSA) is 96.0 Å².